The van der Waals surface area contributed by atoms with E-state index in [0.29, 0.717) is 25.2 Å². The number of hydrogen-bond donors (Lipinski definition) is 1. The molecule has 1 unspecified atom stereocenters. The van der Waals surface area contributed by atoms with Gasteiger partial charge >= 0.3 is 0 Å². The molecule has 2 fully saturated rings. The van der Waals surface area contributed by atoms with Crippen LogP contribution in [-0.4, -0.2) is 62.8 Å². The number of nitrogens with one attached hydrogen (secondary N) is 1. The molecule has 2 aliphatic rings. The molecule has 0 aromatic heterocycles. The Morgan fingerprint density at radius 1 is 1.10 bits per heavy atom. The summed E-state index contributed by atoms with van der Waals surface area (Å²) in [6.45, 7) is 7.31. The number of sulfonamides is 1. The van der Waals surface area contributed by atoms with Gasteiger partial charge in [-0.2, -0.15) is 4.31 Å². The standard InChI is InChI=1S/C23H36ClN3O3S/c1-19-9-8-14-26(18-19)13-7-4-12-25-23(28)20-10-11-21(24)22(17-20)31(29,30)27-15-5-2-3-6-16-27/h10-11,17,19H,2-9,12-16,18H2,1H3,(H,25,28). The number of piperidine rings is 1. The Morgan fingerprint density at radius 2 is 1.84 bits per heavy atom. The topological polar surface area (TPSA) is 69.7 Å². The number of carbonyl (C=O) groups excluding carboxylic acids is 1. The maximum Gasteiger partial charge on any atom is 0.251 e. The van der Waals surface area contributed by atoms with Crippen molar-refractivity contribution in [3.05, 3.63) is 28.8 Å². The van der Waals surface area contributed by atoms with Crippen molar-refractivity contribution in [2.45, 2.75) is 63.2 Å². The summed E-state index contributed by atoms with van der Waals surface area (Å²) in [6.07, 6.45) is 8.34. The lowest BCUT2D eigenvalue weighted by Gasteiger charge is -2.30. The molecular weight excluding hydrogens is 434 g/mol. The Kier molecular flexibility index (Phi) is 9.19. The van der Waals surface area contributed by atoms with Crippen LogP contribution in [0.25, 0.3) is 0 Å². The highest BCUT2D eigenvalue weighted by Gasteiger charge is 2.28. The SMILES string of the molecule is CC1CCCN(CCCCNC(=O)c2ccc(Cl)c(S(=O)(=O)N3CCCCCC3)c2)C1. The first-order valence-corrected chi connectivity index (χ1v) is 13.5. The van der Waals surface area contributed by atoms with Gasteiger partial charge in [-0.25, -0.2) is 8.42 Å². The van der Waals surface area contributed by atoms with Crippen LogP contribution in [0, 0.1) is 5.92 Å². The third kappa shape index (κ3) is 6.91. The number of carbonyl (C=O) groups is 1. The second-order valence-corrected chi connectivity index (χ2v) is 11.3. The fraction of sp³-hybridized carbons (Fsp3) is 0.696. The summed E-state index contributed by atoms with van der Waals surface area (Å²) in [5, 5.41) is 3.09. The van der Waals surface area contributed by atoms with Gasteiger partial charge < -0.3 is 10.2 Å². The molecule has 2 heterocycles. The number of benzene rings is 1. The minimum absolute atomic E-state index is 0.0305. The highest BCUT2D eigenvalue weighted by atomic mass is 35.5. The van der Waals surface area contributed by atoms with Crippen LogP contribution in [0.5, 0.6) is 0 Å². The summed E-state index contributed by atoms with van der Waals surface area (Å²) >= 11 is 6.23. The zero-order valence-corrected chi connectivity index (χ0v) is 20.2. The van der Waals surface area contributed by atoms with E-state index < -0.39 is 10.0 Å². The van der Waals surface area contributed by atoms with Crippen LogP contribution in [0.15, 0.2) is 23.1 Å². The second kappa shape index (κ2) is 11.6. The number of hydrogen-bond acceptors (Lipinski definition) is 4. The smallest absolute Gasteiger partial charge is 0.251 e. The lowest BCUT2D eigenvalue weighted by Crippen LogP contribution is -2.35. The van der Waals surface area contributed by atoms with Crippen LogP contribution < -0.4 is 5.32 Å². The van der Waals surface area contributed by atoms with E-state index >= 15 is 0 Å². The van der Waals surface area contributed by atoms with Gasteiger partial charge in [0.2, 0.25) is 10.0 Å². The van der Waals surface area contributed by atoms with Gasteiger partial charge in [-0.05, 0) is 75.7 Å². The van der Waals surface area contributed by atoms with Crippen LogP contribution in [0.1, 0.15) is 68.6 Å². The molecule has 1 amide bonds. The summed E-state index contributed by atoms with van der Waals surface area (Å²) in [4.78, 5) is 15.1. The van der Waals surface area contributed by atoms with Gasteiger partial charge in [-0.15, -0.1) is 0 Å². The molecule has 1 aromatic rings. The van der Waals surface area contributed by atoms with E-state index in [-0.39, 0.29) is 15.8 Å². The van der Waals surface area contributed by atoms with E-state index in [2.05, 4.69) is 17.1 Å². The average molecular weight is 470 g/mol. The number of nitrogens with zero attached hydrogens (tertiary/aromatic N) is 2. The molecule has 8 heteroatoms. The molecule has 174 valence electrons. The minimum atomic E-state index is -3.70. The van der Waals surface area contributed by atoms with E-state index in [4.69, 9.17) is 11.6 Å². The molecule has 1 N–H and O–H groups in total. The first kappa shape index (κ1) is 24.5. The zero-order chi connectivity index (χ0) is 22.3. The van der Waals surface area contributed by atoms with Crippen LogP contribution in [0.3, 0.4) is 0 Å². The first-order chi connectivity index (χ1) is 14.9. The number of likely N-dealkylation sites (tertiary alicyclic amines) is 1. The molecule has 0 radical (unpaired) electrons. The molecule has 0 spiro atoms. The van der Waals surface area contributed by atoms with Gasteiger partial charge in [0.05, 0.1) is 5.02 Å². The molecule has 3 rings (SSSR count). The molecule has 31 heavy (non-hydrogen) atoms. The minimum Gasteiger partial charge on any atom is -0.352 e. The fourth-order valence-corrected chi connectivity index (χ4v) is 6.54. The van der Waals surface area contributed by atoms with E-state index in [1.54, 1.807) is 6.07 Å². The number of unbranched alkanes of at least 4 members (excludes halogenated alkanes) is 1. The predicted molar refractivity (Wildman–Crippen MR) is 125 cm³/mol. The molecule has 1 aromatic carbocycles. The lowest BCUT2D eigenvalue weighted by atomic mass is 10.0. The molecule has 0 aliphatic carbocycles. The van der Waals surface area contributed by atoms with E-state index in [9.17, 15) is 13.2 Å². The van der Waals surface area contributed by atoms with E-state index in [1.165, 1.54) is 42.4 Å². The van der Waals surface area contributed by atoms with Crippen molar-refractivity contribution in [2.24, 2.45) is 5.92 Å². The fourth-order valence-electron chi connectivity index (χ4n) is 4.52. The Bertz CT molecular complexity index is 838. The highest BCUT2D eigenvalue weighted by molar-refractivity contribution is 7.89. The third-order valence-electron chi connectivity index (χ3n) is 6.30. The normalized spacial score (nSPS) is 21.5. The third-order valence-corrected chi connectivity index (χ3v) is 8.68. The predicted octanol–water partition coefficient (Wildman–Crippen LogP) is 4.15. The van der Waals surface area contributed by atoms with E-state index in [0.717, 1.165) is 51.0 Å². The van der Waals surface area contributed by atoms with Gasteiger partial charge in [0.15, 0.2) is 0 Å². The van der Waals surface area contributed by atoms with Crippen molar-refractivity contribution in [3.8, 4) is 0 Å². The Balaban J connectivity index is 1.53. The summed E-state index contributed by atoms with van der Waals surface area (Å²) in [5.41, 5.74) is 0.336. The van der Waals surface area contributed by atoms with Crippen LogP contribution in [-0.2, 0) is 10.0 Å². The van der Waals surface area contributed by atoms with Crippen molar-refractivity contribution in [1.29, 1.82) is 0 Å². The van der Waals surface area contributed by atoms with Gasteiger partial charge in [-0.1, -0.05) is 31.4 Å². The summed E-state index contributed by atoms with van der Waals surface area (Å²) in [7, 11) is -3.70. The van der Waals surface area contributed by atoms with Crippen molar-refractivity contribution < 1.29 is 13.2 Å². The van der Waals surface area contributed by atoms with Gasteiger partial charge in [0.25, 0.3) is 5.91 Å². The highest BCUT2D eigenvalue weighted by Crippen LogP contribution is 2.27. The van der Waals surface area contributed by atoms with Crippen molar-refractivity contribution in [3.63, 3.8) is 0 Å². The van der Waals surface area contributed by atoms with E-state index in [1.807, 2.05) is 0 Å². The lowest BCUT2D eigenvalue weighted by molar-refractivity contribution is 0.0952. The number of rotatable bonds is 8. The maximum atomic E-state index is 13.1. The number of amides is 1. The summed E-state index contributed by atoms with van der Waals surface area (Å²) in [6, 6.07) is 4.53. The molecule has 0 bridgehead atoms. The molecule has 6 nitrogen and oxygen atoms in total. The molecule has 1 atom stereocenters. The van der Waals surface area contributed by atoms with Crippen LogP contribution in [0.4, 0.5) is 0 Å². The monoisotopic (exact) mass is 469 g/mol. The Labute approximate surface area is 192 Å². The molecule has 0 saturated carbocycles. The largest absolute Gasteiger partial charge is 0.352 e. The van der Waals surface area contributed by atoms with Crippen molar-refractivity contribution >= 4 is 27.5 Å². The van der Waals surface area contributed by atoms with Gasteiger partial charge in [0, 0.05) is 31.7 Å². The molecule has 2 aliphatic heterocycles. The van der Waals surface area contributed by atoms with Gasteiger partial charge in [-0.3, -0.25) is 4.79 Å². The Hall–Kier alpha value is -1.15. The van der Waals surface area contributed by atoms with Crippen LogP contribution >= 0.6 is 11.6 Å². The summed E-state index contributed by atoms with van der Waals surface area (Å²) < 4.78 is 27.7. The quantitative estimate of drug-likeness (QED) is 0.581. The molecule has 2 saturated heterocycles. The second-order valence-electron chi connectivity index (χ2n) is 8.97. The number of halogens is 1. The van der Waals surface area contributed by atoms with Gasteiger partial charge in [0.1, 0.15) is 4.90 Å². The first-order valence-electron chi connectivity index (χ1n) is 11.7. The van der Waals surface area contributed by atoms with Crippen molar-refractivity contribution in [1.82, 2.24) is 14.5 Å². The zero-order valence-electron chi connectivity index (χ0n) is 18.6. The van der Waals surface area contributed by atoms with Crippen LogP contribution in [0.2, 0.25) is 5.02 Å². The van der Waals surface area contributed by atoms with Crippen molar-refractivity contribution in [2.75, 3.05) is 39.3 Å². The summed E-state index contributed by atoms with van der Waals surface area (Å²) in [5.74, 6) is 0.522. The molecular formula is C23H36ClN3O3S. The maximum absolute atomic E-state index is 13.1. The average Bonchev–Trinajstić information content (AvgIpc) is 3.04. The Morgan fingerprint density at radius 3 is 2.55 bits per heavy atom.